The van der Waals surface area contributed by atoms with Gasteiger partial charge in [-0.3, -0.25) is 9.59 Å². The minimum atomic E-state index is 0.0233. The third-order valence-corrected chi connectivity index (χ3v) is 3.41. The van der Waals surface area contributed by atoms with Gasteiger partial charge in [-0.2, -0.15) is 0 Å². The summed E-state index contributed by atoms with van der Waals surface area (Å²) in [6.45, 7) is 7.62. The van der Waals surface area contributed by atoms with Crippen molar-refractivity contribution in [1.82, 2.24) is 0 Å². The van der Waals surface area contributed by atoms with Gasteiger partial charge in [0, 0.05) is 11.1 Å². The summed E-state index contributed by atoms with van der Waals surface area (Å²) < 4.78 is 11.2. The monoisotopic (exact) mass is 324 g/mol. The highest BCUT2D eigenvalue weighted by molar-refractivity contribution is 5.94. The molecule has 0 aliphatic carbocycles. The van der Waals surface area contributed by atoms with Crippen LogP contribution in [0.4, 0.5) is 0 Å². The smallest absolute Gasteiger partial charge is 0.159 e. The Morgan fingerprint density at radius 2 is 1.08 bits per heavy atom. The van der Waals surface area contributed by atoms with E-state index in [1.807, 2.05) is 0 Å². The zero-order chi connectivity index (χ0) is 17.5. The molecule has 124 valence electrons. The largest absolute Gasteiger partial charge is 0.489 e. The average molecular weight is 324 g/mol. The molecule has 24 heavy (non-hydrogen) atoms. The number of Topliss-reactive ketones (excluding diaryl/α,β-unsaturated/α-hetero) is 2. The Balaban J connectivity index is 1.78. The molecule has 0 aliphatic heterocycles. The van der Waals surface area contributed by atoms with Gasteiger partial charge in [-0.25, -0.2) is 0 Å². The highest BCUT2D eigenvalue weighted by Gasteiger charge is 2.03. The van der Waals surface area contributed by atoms with Crippen LogP contribution >= 0.6 is 0 Å². The van der Waals surface area contributed by atoms with E-state index in [9.17, 15) is 9.59 Å². The van der Waals surface area contributed by atoms with Crippen molar-refractivity contribution in [2.45, 2.75) is 13.8 Å². The Hall–Kier alpha value is -2.88. The number of hydrogen-bond donors (Lipinski definition) is 0. The maximum atomic E-state index is 11.2. The number of benzene rings is 2. The third-order valence-electron chi connectivity index (χ3n) is 3.41. The lowest BCUT2D eigenvalue weighted by molar-refractivity contribution is 0.100. The number of carbonyl (C=O) groups excluding carboxylic acids is 2. The standard InChI is InChI=1S/C20H20O4/c1-14(12-23-19-8-4-17(5-9-19)15(2)21)13-24-20-10-6-18(7-11-20)16(3)22/h4-11H,1,12-13H2,2-3H3. The highest BCUT2D eigenvalue weighted by Crippen LogP contribution is 2.15. The van der Waals surface area contributed by atoms with E-state index < -0.39 is 0 Å². The molecule has 0 radical (unpaired) electrons. The van der Waals surface area contributed by atoms with Crippen LogP contribution in [-0.2, 0) is 0 Å². The zero-order valence-electron chi connectivity index (χ0n) is 13.9. The van der Waals surface area contributed by atoms with E-state index in [0.29, 0.717) is 35.8 Å². The van der Waals surface area contributed by atoms with Crippen molar-refractivity contribution in [3.05, 3.63) is 71.8 Å². The first-order valence-electron chi connectivity index (χ1n) is 7.60. The predicted molar refractivity (Wildman–Crippen MR) is 93.0 cm³/mol. The average Bonchev–Trinajstić information content (AvgIpc) is 2.58. The first-order valence-corrected chi connectivity index (χ1v) is 7.60. The molecule has 2 aromatic carbocycles. The number of ether oxygens (including phenoxy) is 2. The molecule has 4 nitrogen and oxygen atoms in total. The van der Waals surface area contributed by atoms with E-state index in [-0.39, 0.29) is 11.6 Å². The van der Waals surface area contributed by atoms with Gasteiger partial charge in [0.25, 0.3) is 0 Å². The van der Waals surface area contributed by atoms with Crippen molar-refractivity contribution in [3.8, 4) is 11.5 Å². The van der Waals surface area contributed by atoms with Crippen LogP contribution < -0.4 is 9.47 Å². The zero-order valence-corrected chi connectivity index (χ0v) is 13.9. The lowest BCUT2D eigenvalue weighted by Crippen LogP contribution is -2.08. The Kier molecular flexibility index (Phi) is 5.90. The first kappa shape index (κ1) is 17.5. The van der Waals surface area contributed by atoms with Gasteiger partial charge in [-0.05, 0) is 68.0 Å². The molecule has 0 N–H and O–H groups in total. The normalized spacial score (nSPS) is 10.1. The van der Waals surface area contributed by atoms with Crippen molar-refractivity contribution in [3.63, 3.8) is 0 Å². The fraction of sp³-hybridized carbons (Fsp3) is 0.200. The molecule has 2 rings (SSSR count). The Labute approximate surface area is 141 Å². The molecule has 0 spiro atoms. The predicted octanol–water partition coefficient (Wildman–Crippen LogP) is 4.11. The molecule has 0 unspecified atom stereocenters. The van der Waals surface area contributed by atoms with Crippen molar-refractivity contribution in [2.75, 3.05) is 13.2 Å². The summed E-state index contributed by atoms with van der Waals surface area (Å²) in [6, 6.07) is 13.9. The minimum absolute atomic E-state index is 0.0233. The van der Waals surface area contributed by atoms with Gasteiger partial charge < -0.3 is 9.47 Å². The SMILES string of the molecule is C=C(COc1ccc(C(C)=O)cc1)COc1ccc(C(C)=O)cc1. The lowest BCUT2D eigenvalue weighted by atomic mass is 10.1. The Morgan fingerprint density at radius 1 is 0.750 bits per heavy atom. The summed E-state index contributed by atoms with van der Waals surface area (Å²) >= 11 is 0. The van der Waals surface area contributed by atoms with Crippen LogP contribution in [-0.4, -0.2) is 24.8 Å². The van der Waals surface area contributed by atoms with E-state index in [4.69, 9.17) is 9.47 Å². The van der Waals surface area contributed by atoms with Gasteiger partial charge in [-0.15, -0.1) is 0 Å². The Bertz CT molecular complexity index is 664. The first-order chi connectivity index (χ1) is 11.5. The van der Waals surface area contributed by atoms with Gasteiger partial charge in [0.2, 0.25) is 0 Å². The molecule has 0 saturated carbocycles. The Morgan fingerprint density at radius 3 is 1.38 bits per heavy atom. The molecule has 2 aromatic rings. The molecule has 0 saturated heterocycles. The van der Waals surface area contributed by atoms with Crippen LogP contribution in [0.3, 0.4) is 0 Å². The molecule has 0 bridgehead atoms. The fourth-order valence-corrected chi connectivity index (χ4v) is 1.98. The molecule has 0 heterocycles. The second-order valence-corrected chi connectivity index (χ2v) is 5.49. The van der Waals surface area contributed by atoms with E-state index in [2.05, 4.69) is 6.58 Å². The molecule has 4 heteroatoms. The van der Waals surface area contributed by atoms with Crippen molar-refractivity contribution in [2.24, 2.45) is 0 Å². The molecule has 0 fully saturated rings. The van der Waals surface area contributed by atoms with Crippen LogP contribution in [0.1, 0.15) is 34.6 Å². The van der Waals surface area contributed by atoms with Crippen molar-refractivity contribution in [1.29, 1.82) is 0 Å². The van der Waals surface area contributed by atoms with E-state index in [0.717, 1.165) is 5.57 Å². The summed E-state index contributed by atoms with van der Waals surface area (Å²) in [6.07, 6.45) is 0. The molecular weight excluding hydrogens is 304 g/mol. The number of rotatable bonds is 8. The second-order valence-electron chi connectivity index (χ2n) is 5.49. The fourth-order valence-electron chi connectivity index (χ4n) is 1.98. The topological polar surface area (TPSA) is 52.6 Å². The molecule has 0 aliphatic rings. The van der Waals surface area contributed by atoms with Crippen LogP contribution in [0.2, 0.25) is 0 Å². The van der Waals surface area contributed by atoms with E-state index >= 15 is 0 Å². The van der Waals surface area contributed by atoms with Gasteiger partial charge >= 0.3 is 0 Å². The summed E-state index contributed by atoms with van der Waals surface area (Å²) in [7, 11) is 0. The summed E-state index contributed by atoms with van der Waals surface area (Å²) in [4.78, 5) is 22.4. The molecule has 0 amide bonds. The summed E-state index contributed by atoms with van der Waals surface area (Å²) in [5, 5.41) is 0. The number of hydrogen-bond acceptors (Lipinski definition) is 4. The number of carbonyl (C=O) groups is 2. The van der Waals surface area contributed by atoms with Gasteiger partial charge in [0.1, 0.15) is 24.7 Å². The van der Waals surface area contributed by atoms with Gasteiger partial charge in [-0.1, -0.05) is 6.58 Å². The second kappa shape index (κ2) is 8.11. The van der Waals surface area contributed by atoms with E-state index in [1.54, 1.807) is 48.5 Å². The third kappa shape index (κ3) is 5.09. The lowest BCUT2D eigenvalue weighted by Gasteiger charge is -2.11. The van der Waals surface area contributed by atoms with Crippen LogP contribution in [0, 0.1) is 0 Å². The summed E-state index contributed by atoms with van der Waals surface area (Å²) in [5.74, 6) is 1.39. The molecule has 0 atom stereocenters. The molecule has 0 aromatic heterocycles. The highest BCUT2D eigenvalue weighted by atomic mass is 16.5. The number of ketones is 2. The summed E-state index contributed by atoms with van der Waals surface area (Å²) in [5.41, 5.74) is 2.08. The van der Waals surface area contributed by atoms with Crippen molar-refractivity contribution < 1.29 is 19.1 Å². The van der Waals surface area contributed by atoms with Crippen LogP contribution in [0.25, 0.3) is 0 Å². The van der Waals surface area contributed by atoms with Crippen LogP contribution in [0.15, 0.2) is 60.7 Å². The quantitative estimate of drug-likeness (QED) is 0.542. The van der Waals surface area contributed by atoms with Crippen LogP contribution in [0.5, 0.6) is 11.5 Å². The van der Waals surface area contributed by atoms with E-state index in [1.165, 1.54) is 13.8 Å². The maximum Gasteiger partial charge on any atom is 0.159 e. The van der Waals surface area contributed by atoms with Crippen molar-refractivity contribution >= 4 is 11.6 Å². The maximum absolute atomic E-state index is 11.2. The van der Waals surface area contributed by atoms with Gasteiger partial charge in [0.05, 0.1) is 0 Å². The molecular formula is C20H20O4. The minimum Gasteiger partial charge on any atom is -0.489 e. The van der Waals surface area contributed by atoms with Gasteiger partial charge in [0.15, 0.2) is 11.6 Å².